The molecule has 0 aliphatic rings. The van der Waals surface area contributed by atoms with E-state index >= 15 is 0 Å². The Morgan fingerprint density at radius 3 is 2.75 bits per heavy atom. The van der Waals surface area contributed by atoms with Gasteiger partial charge in [0.15, 0.2) is 0 Å². The van der Waals surface area contributed by atoms with Crippen molar-refractivity contribution in [3.8, 4) is 0 Å². The molecule has 0 saturated carbocycles. The molecule has 0 aliphatic heterocycles. The number of fused-ring (bicyclic) bond motifs is 1. The Bertz CT molecular complexity index is 737. The SMILES string of the molecule is CNC(c1cnc2ccccc2c1)c1cnccc1C. The van der Waals surface area contributed by atoms with Gasteiger partial charge < -0.3 is 5.32 Å². The fourth-order valence-corrected chi connectivity index (χ4v) is 2.53. The Morgan fingerprint density at radius 2 is 1.95 bits per heavy atom. The van der Waals surface area contributed by atoms with Crippen molar-refractivity contribution in [1.29, 1.82) is 0 Å². The maximum Gasteiger partial charge on any atom is 0.0702 e. The summed E-state index contributed by atoms with van der Waals surface area (Å²) in [4.78, 5) is 8.79. The standard InChI is InChI=1S/C17H17N3/c1-12-7-8-19-11-15(12)17(18-2)14-9-13-5-3-4-6-16(13)20-10-14/h3-11,17-18H,1-2H3. The molecule has 3 rings (SSSR count). The van der Waals surface area contributed by atoms with Gasteiger partial charge in [-0.2, -0.15) is 0 Å². The van der Waals surface area contributed by atoms with E-state index in [4.69, 9.17) is 0 Å². The van der Waals surface area contributed by atoms with Crippen LogP contribution in [-0.2, 0) is 0 Å². The quantitative estimate of drug-likeness (QED) is 0.788. The van der Waals surface area contributed by atoms with Gasteiger partial charge in [0.2, 0.25) is 0 Å². The van der Waals surface area contributed by atoms with E-state index in [-0.39, 0.29) is 6.04 Å². The van der Waals surface area contributed by atoms with Crippen LogP contribution in [-0.4, -0.2) is 17.0 Å². The third kappa shape index (κ3) is 2.28. The molecule has 2 heterocycles. The molecule has 0 spiro atoms. The Morgan fingerprint density at radius 1 is 1.10 bits per heavy atom. The molecule has 1 N–H and O–H groups in total. The Hall–Kier alpha value is -2.26. The van der Waals surface area contributed by atoms with Crippen LogP contribution in [0, 0.1) is 6.92 Å². The van der Waals surface area contributed by atoms with Crippen LogP contribution < -0.4 is 5.32 Å². The van der Waals surface area contributed by atoms with Gasteiger partial charge in [0.1, 0.15) is 0 Å². The van der Waals surface area contributed by atoms with E-state index in [1.54, 1.807) is 0 Å². The topological polar surface area (TPSA) is 37.8 Å². The number of aromatic nitrogens is 2. The summed E-state index contributed by atoms with van der Waals surface area (Å²) in [6, 6.07) is 12.5. The van der Waals surface area contributed by atoms with Crippen LogP contribution in [0.3, 0.4) is 0 Å². The number of pyridine rings is 2. The van der Waals surface area contributed by atoms with Crippen LogP contribution in [0.1, 0.15) is 22.7 Å². The molecule has 0 aliphatic carbocycles. The Balaban J connectivity index is 2.10. The van der Waals surface area contributed by atoms with Crippen molar-refractivity contribution in [2.45, 2.75) is 13.0 Å². The van der Waals surface area contributed by atoms with E-state index in [0.717, 1.165) is 16.5 Å². The lowest BCUT2D eigenvalue weighted by Crippen LogP contribution is -2.19. The van der Waals surface area contributed by atoms with Gasteiger partial charge in [-0.15, -0.1) is 0 Å². The smallest absolute Gasteiger partial charge is 0.0702 e. The molecule has 0 radical (unpaired) electrons. The maximum absolute atomic E-state index is 4.54. The monoisotopic (exact) mass is 263 g/mol. The first-order valence-corrected chi connectivity index (χ1v) is 6.72. The van der Waals surface area contributed by atoms with Gasteiger partial charge in [0.05, 0.1) is 11.6 Å². The number of hydrogen-bond acceptors (Lipinski definition) is 3. The average molecular weight is 263 g/mol. The second-order valence-corrected chi connectivity index (χ2v) is 4.92. The molecule has 3 heteroatoms. The Labute approximate surface area is 118 Å². The predicted octanol–water partition coefficient (Wildman–Crippen LogP) is 3.25. The third-order valence-corrected chi connectivity index (χ3v) is 3.62. The highest BCUT2D eigenvalue weighted by Gasteiger charge is 2.15. The van der Waals surface area contributed by atoms with E-state index in [1.807, 2.05) is 49.9 Å². The molecule has 20 heavy (non-hydrogen) atoms. The zero-order valence-corrected chi connectivity index (χ0v) is 11.7. The number of aryl methyl sites for hydroxylation is 1. The van der Waals surface area contributed by atoms with Crippen molar-refractivity contribution in [3.63, 3.8) is 0 Å². The van der Waals surface area contributed by atoms with Gasteiger partial charge in [-0.3, -0.25) is 9.97 Å². The van der Waals surface area contributed by atoms with Gasteiger partial charge in [0.25, 0.3) is 0 Å². The molecule has 0 fully saturated rings. The molecule has 3 nitrogen and oxygen atoms in total. The number of nitrogens with zero attached hydrogens (tertiary/aromatic N) is 2. The zero-order valence-electron chi connectivity index (χ0n) is 11.7. The van der Waals surface area contributed by atoms with Gasteiger partial charge in [-0.05, 0) is 48.9 Å². The largest absolute Gasteiger partial charge is 0.309 e. The average Bonchev–Trinajstić information content (AvgIpc) is 2.50. The highest BCUT2D eigenvalue weighted by atomic mass is 14.9. The molecule has 0 saturated heterocycles. The summed E-state index contributed by atoms with van der Waals surface area (Å²) in [6.07, 6.45) is 5.69. The molecule has 3 aromatic rings. The number of benzene rings is 1. The summed E-state index contributed by atoms with van der Waals surface area (Å²) in [7, 11) is 1.96. The molecule has 0 bridgehead atoms. The van der Waals surface area contributed by atoms with Gasteiger partial charge in [0, 0.05) is 24.0 Å². The molecule has 100 valence electrons. The van der Waals surface area contributed by atoms with Crippen LogP contribution in [0.5, 0.6) is 0 Å². The number of rotatable bonds is 3. The fourth-order valence-electron chi connectivity index (χ4n) is 2.53. The van der Waals surface area contributed by atoms with Crippen LogP contribution in [0.4, 0.5) is 0 Å². The summed E-state index contributed by atoms with van der Waals surface area (Å²) >= 11 is 0. The summed E-state index contributed by atoms with van der Waals surface area (Å²) < 4.78 is 0. The maximum atomic E-state index is 4.54. The summed E-state index contributed by atoms with van der Waals surface area (Å²) in [5.74, 6) is 0. The minimum atomic E-state index is 0.112. The molecular formula is C17H17N3. The molecular weight excluding hydrogens is 246 g/mol. The second kappa shape index (κ2) is 5.39. The van der Waals surface area contributed by atoms with Crippen molar-refractivity contribution in [1.82, 2.24) is 15.3 Å². The van der Waals surface area contributed by atoms with Crippen molar-refractivity contribution in [3.05, 3.63) is 71.7 Å². The number of para-hydroxylation sites is 1. The van der Waals surface area contributed by atoms with Crippen molar-refractivity contribution in [2.24, 2.45) is 0 Å². The molecule has 1 unspecified atom stereocenters. The van der Waals surface area contributed by atoms with Crippen LogP contribution in [0.15, 0.2) is 55.0 Å². The third-order valence-electron chi connectivity index (χ3n) is 3.62. The summed E-state index contributed by atoms with van der Waals surface area (Å²) in [6.45, 7) is 2.11. The Kier molecular flexibility index (Phi) is 3.44. The number of hydrogen-bond donors (Lipinski definition) is 1. The molecule has 1 atom stereocenters. The lowest BCUT2D eigenvalue weighted by molar-refractivity contribution is 0.682. The van der Waals surface area contributed by atoms with Crippen molar-refractivity contribution >= 4 is 10.9 Å². The lowest BCUT2D eigenvalue weighted by atomic mass is 9.97. The lowest BCUT2D eigenvalue weighted by Gasteiger charge is -2.19. The van der Waals surface area contributed by atoms with E-state index in [0.29, 0.717) is 0 Å². The van der Waals surface area contributed by atoms with Gasteiger partial charge in [-0.1, -0.05) is 18.2 Å². The van der Waals surface area contributed by atoms with E-state index < -0.39 is 0 Å². The highest BCUT2D eigenvalue weighted by Crippen LogP contribution is 2.25. The molecule has 2 aromatic heterocycles. The van der Waals surface area contributed by atoms with Crippen molar-refractivity contribution < 1.29 is 0 Å². The highest BCUT2D eigenvalue weighted by molar-refractivity contribution is 5.79. The first kappa shape index (κ1) is 12.8. The van der Waals surface area contributed by atoms with Crippen LogP contribution in [0.2, 0.25) is 0 Å². The van der Waals surface area contributed by atoms with E-state index in [1.165, 1.54) is 11.1 Å². The van der Waals surface area contributed by atoms with Gasteiger partial charge >= 0.3 is 0 Å². The molecule has 1 aromatic carbocycles. The number of nitrogens with one attached hydrogen (secondary N) is 1. The summed E-state index contributed by atoms with van der Waals surface area (Å²) in [5, 5.41) is 4.52. The van der Waals surface area contributed by atoms with E-state index in [2.05, 4.69) is 34.3 Å². The minimum absolute atomic E-state index is 0.112. The van der Waals surface area contributed by atoms with Crippen molar-refractivity contribution in [2.75, 3.05) is 7.05 Å². The first-order chi connectivity index (χ1) is 9.79. The normalized spacial score (nSPS) is 12.5. The minimum Gasteiger partial charge on any atom is -0.309 e. The predicted molar refractivity (Wildman–Crippen MR) is 81.6 cm³/mol. The zero-order chi connectivity index (χ0) is 13.9. The summed E-state index contributed by atoms with van der Waals surface area (Å²) in [5.41, 5.74) is 4.59. The first-order valence-electron chi connectivity index (χ1n) is 6.72. The molecule has 0 amide bonds. The van der Waals surface area contributed by atoms with Crippen LogP contribution >= 0.6 is 0 Å². The fraction of sp³-hybridized carbons (Fsp3) is 0.176. The van der Waals surface area contributed by atoms with Crippen LogP contribution in [0.25, 0.3) is 10.9 Å². The van der Waals surface area contributed by atoms with E-state index in [9.17, 15) is 0 Å². The van der Waals surface area contributed by atoms with Gasteiger partial charge in [-0.25, -0.2) is 0 Å². The second-order valence-electron chi connectivity index (χ2n) is 4.92.